The Morgan fingerprint density at radius 2 is 1.62 bits per heavy atom. The summed E-state index contributed by atoms with van der Waals surface area (Å²) in [4.78, 5) is 0. The SMILES string of the molecule is [CH2]c1ccc(-c2ccccc2C#CC)cc1. The predicted molar refractivity (Wildman–Crippen MR) is 68.9 cm³/mol. The maximum Gasteiger partial charge on any atom is 0.0323 e. The molecule has 0 aliphatic carbocycles. The quantitative estimate of drug-likeness (QED) is 0.619. The van der Waals surface area contributed by atoms with Gasteiger partial charge in [-0.3, -0.25) is 0 Å². The first-order valence-electron chi connectivity index (χ1n) is 5.25. The van der Waals surface area contributed by atoms with E-state index in [0.717, 1.165) is 11.1 Å². The van der Waals surface area contributed by atoms with Crippen LogP contribution in [0.5, 0.6) is 0 Å². The van der Waals surface area contributed by atoms with E-state index in [1.54, 1.807) is 0 Å². The normalized spacial score (nSPS) is 9.38. The van der Waals surface area contributed by atoms with Crippen LogP contribution in [0.25, 0.3) is 11.1 Å². The molecule has 0 bridgehead atoms. The van der Waals surface area contributed by atoms with E-state index in [-0.39, 0.29) is 0 Å². The maximum absolute atomic E-state index is 3.89. The average molecular weight is 205 g/mol. The molecule has 2 aromatic carbocycles. The summed E-state index contributed by atoms with van der Waals surface area (Å²) in [6.45, 7) is 5.74. The van der Waals surface area contributed by atoms with E-state index in [2.05, 4.69) is 37.0 Å². The third kappa shape index (κ3) is 2.15. The van der Waals surface area contributed by atoms with Crippen molar-refractivity contribution in [1.29, 1.82) is 0 Å². The first kappa shape index (κ1) is 10.5. The van der Waals surface area contributed by atoms with Crippen molar-refractivity contribution in [3.63, 3.8) is 0 Å². The molecular formula is C16H13. The van der Waals surface area contributed by atoms with Crippen LogP contribution in [0.15, 0.2) is 48.5 Å². The van der Waals surface area contributed by atoms with Gasteiger partial charge in [0.15, 0.2) is 0 Å². The van der Waals surface area contributed by atoms with Crippen LogP contribution in [0.1, 0.15) is 18.1 Å². The van der Waals surface area contributed by atoms with Gasteiger partial charge in [0.05, 0.1) is 0 Å². The van der Waals surface area contributed by atoms with Crippen LogP contribution < -0.4 is 0 Å². The second kappa shape index (κ2) is 4.68. The fraction of sp³-hybridized carbons (Fsp3) is 0.0625. The summed E-state index contributed by atoms with van der Waals surface area (Å²) in [5.74, 6) is 6.07. The standard InChI is InChI=1S/C16H13/c1-3-6-14-7-4-5-8-16(14)15-11-9-13(2)10-12-15/h4-5,7-12H,2H2,1H3. The Morgan fingerprint density at radius 3 is 2.31 bits per heavy atom. The van der Waals surface area contributed by atoms with E-state index in [4.69, 9.17) is 0 Å². The zero-order chi connectivity index (χ0) is 11.4. The van der Waals surface area contributed by atoms with Gasteiger partial charge in [0.2, 0.25) is 0 Å². The van der Waals surface area contributed by atoms with Gasteiger partial charge in [0.25, 0.3) is 0 Å². The molecule has 0 heteroatoms. The molecule has 0 aliphatic heterocycles. The molecule has 0 fully saturated rings. The molecule has 0 amide bonds. The Hall–Kier alpha value is -2.00. The van der Waals surface area contributed by atoms with E-state index >= 15 is 0 Å². The summed E-state index contributed by atoms with van der Waals surface area (Å²) < 4.78 is 0. The predicted octanol–water partition coefficient (Wildman–Crippen LogP) is 3.91. The van der Waals surface area contributed by atoms with Crippen LogP contribution in [-0.2, 0) is 0 Å². The van der Waals surface area contributed by atoms with Crippen LogP contribution in [0.3, 0.4) is 0 Å². The molecule has 0 saturated carbocycles. The van der Waals surface area contributed by atoms with Gasteiger partial charge in [-0.2, -0.15) is 0 Å². The highest BCUT2D eigenvalue weighted by Gasteiger charge is 2.01. The minimum absolute atomic E-state index is 1.03. The van der Waals surface area contributed by atoms with Gasteiger partial charge in [-0.1, -0.05) is 48.4 Å². The molecule has 0 aromatic heterocycles. The fourth-order valence-corrected chi connectivity index (χ4v) is 1.66. The third-order valence-electron chi connectivity index (χ3n) is 2.45. The van der Waals surface area contributed by atoms with Gasteiger partial charge >= 0.3 is 0 Å². The first-order valence-corrected chi connectivity index (χ1v) is 5.25. The van der Waals surface area contributed by atoms with E-state index in [1.807, 2.05) is 37.3 Å². The second-order valence-corrected chi connectivity index (χ2v) is 3.62. The highest BCUT2D eigenvalue weighted by molar-refractivity contribution is 5.71. The summed E-state index contributed by atoms with van der Waals surface area (Å²) in [6.07, 6.45) is 0. The summed E-state index contributed by atoms with van der Waals surface area (Å²) >= 11 is 0. The Kier molecular flexibility index (Phi) is 3.08. The molecule has 2 aromatic rings. The van der Waals surface area contributed by atoms with Gasteiger partial charge in [0, 0.05) is 5.56 Å². The molecule has 0 N–H and O–H groups in total. The fourth-order valence-electron chi connectivity index (χ4n) is 1.66. The topological polar surface area (TPSA) is 0 Å². The number of hydrogen-bond acceptors (Lipinski definition) is 0. The van der Waals surface area contributed by atoms with Crippen LogP contribution in [0, 0.1) is 18.8 Å². The Balaban J connectivity index is 2.54. The largest absolute Gasteiger partial charge is 0.101 e. The Labute approximate surface area is 96.9 Å². The van der Waals surface area contributed by atoms with Crippen molar-refractivity contribution in [3.05, 3.63) is 66.6 Å². The van der Waals surface area contributed by atoms with E-state index in [0.29, 0.717) is 0 Å². The lowest BCUT2D eigenvalue weighted by Gasteiger charge is -2.04. The zero-order valence-corrected chi connectivity index (χ0v) is 9.33. The lowest BCUT2D eigenvalue weighted by Crippen LogP contribution is -1.83. The van der Waals surface area contributed by atoms with Gasteiger partial charge in [-0.05, 0) is 36.6 Å². The van der Waals surface area contributed by atoms with E-state index in [1.165, 1.54) is 11.1 Å². The van der Waals surface area contributed by atoms with Crippen molar-refractivity contribution in [2.24, 2.45) is 0 Å². The molecule has 0 atom stereocenters. The highest BCUT2D eigenvalue weighted by Crippen LogP contribution is 2.23. The highest BCUT2D eigenvalue weighted by atomic mass is 14.0. The molecule has 0 unspecified atom stereocenters. The van der Waals surface area contributed by atoms with Crippen LogP contribution >= 0.6 is 0 Å². The molecule has 0 saturated heterocycles. The smallest absolute Gasteiger partial charge is 0.0323 e. The Bertz CT molecular complexity index is 536. The molecule has 1 radical (unpaired) electrons. The summed E-state index contributed by atoms with van der Waals surface area (Å²) in [7, 11) is 0. The monoisotopic (exact) mass is 205 g/mol. The van der Waals surface area contributed by atoms with Crippen LogP contribution in [-0.4, -0.2) is 0 Å². The van der Waals surface area contributed by atoms with E-state index < -0.39 is 0 Å². The first-order chi connectivity index (χ1) is 7.81. The van der Waals surface area contributed by atoms with Crippen molar-refractivity contribution in [2.45, 2.75) is 6.92 Å². The van der Waals surface area contributed by atoms with Crippen LogP contribution in [0.2, 0.25) is 0 Å². The van der Waals surface area contributed by atoms with Gasteiger partial charge in [-0.15, -0.1) is 5.92 Å². The third-order valence-corrected chi connectivity index (χ3v) is 2.45. The zero-order valence-electron chi connectivity index (χ0n) is 9.33. The summed E-state index contributed by atoms with van der Waals surface area (Å²) in [5, 5.41) is 0. The number of rotatable bonds is 1. The molecule has 16 heavy (non-hydrogen) atoms. The lowest BCUT2D eigenvalue weighted by molar-refractivity contribution is 1.55. The van der Waals surface area contributed by atoms with Crippen molar-refractivity contribution in [1.82, 2.24) is 0 Å². The van der Waals surface area contributed by atoms with Crippen LogP contribution in [0.4, 0.5) is 0 Å². The number of benzene rings is 2. The minimum atomic E-state index is 1.03. The summed E-state index contributed by atoms with van der Waals surface area (Å²) in [6, 6.07) is 16.4. The van der Waals surface area contributed by atoms with Crippen molar-refractivity contribution >= 4 is 0 Å². The van der Waals surface area contributed by atoms with Gasteiger partial charge < -0.3 is 0 Å². The average Bonchev–Trinajstić information content (AvgIpc) is 2.32. The molecule has 77 valence electrons. The van der Waals surface area contributed by atoms with E-state index in [9.17, 15) is 0 Å². The molecule has 2 rings (SSSR count). The molecular weight excluding hydrogens is 192 g/mol. The molecule has 0 heterocycles. The van der Waals surface area contributed by atoms with Crippen molar-refractivity contribution < 1.29 is 0 Å². The maximum atomic E-state index is 3.89. The van der Waals surface area contributed by atoms with Crippen molar-refractivity contribution in [3.8, 4) is 23.0 Å². The number of hydrogen-bond donors (Lipinski definition) is 0. The molecule has 0 nitrogen and oxygen atoms in total. The summed E-state index contributed by atoms with van der Waals surface area (Å²) in [5.41, 5.74) is 4.47. The van der Waals surface area contributed by atoms with Gasteiger partial charge in [0.1, 0.15) is 0 Å². The second-order valence-electron chi connectivity index (χ2n) is 3.62. The minimum Gasteiger partial charge on any atom is -0.101 e. The lowest BCUT2D eigenvalue weighted by atomic mass is 9.99. The van der Waals surface area contributed by atoms with Gasteiger partial charge in [-0.25, -0.2) is 0 Å². The van der Waals surface area contributed by atoms with Crippen molar-refractivity contribution in [2.75, 3.05) is 0 Å². The Morgan fingerprint density at radius 1 is 0.938 bits per heavy atom. The molecule has 0 spiro atoms. The molecule has 0 aliphatic rings.